The van der Waals surface area contributed by atoms with Crippen molar-refractivity contribution in [3.8, 4) is 0 Å². The lowest BCUT2D eigenvalue weighted by molar-refractivity contribution is -0.107. The second-order valence-electron chi connectivity index (χ2n) is 6.46. The fourth-order valence-corrected chi connectivity index (χ4v) is 3.11. The van der Waals surface area contributed by atoms with E-state index in [1.165, 1.54) is 11.4 Å². The van der Waals surface area contributed by atoms with Crippen LogP contribution < -0.4 is 10.2 Å². The van der Waals surface area contributed by atoms with Crippen molar-refractivity contribution in [1.82, 2.24) is 0 Å². The Morgan fingerprint density at radius 1 is 0.923 bits per heavy atom. The van der Waals surface area contributed by atoms with Crippen LogP contribution in [0.1, 0.15) is 32.1 Å². The minimum atomic E-state index is 0.633. The summed E-state index contributed by atoms with van der Waals surface area (Å²) in [6.07, 6.45) is 12.3. The Kier molecular flexibility index (Phi) is 6.66. The molecule has 0 amide bonds. The lowest BCUT2D eigenvalue weighted by atomic mass is 10.1. The number of allylic oxidation sites excluding steroid dienone is 3. The number of unbranched alkanes of at least 4 members (excludes halogenated alkanes) is 2. The van der Waals surface area contributed by atoms with Crippen LogP contribution in [0.4, 0.5) is 17.1 Å². The molecule has 1 aliphatic carbocycles. The van der Waals surface area contributed by atoms with Crippen LogP contribution in [0.15, 0.2) is 78.5 Å². The van der Waals surface area contributed by atoms with E-state index < -0.39 is 0 Å². The van der Waals surface area contributed by atoms with Gasteiger partial charge in [0.05, 0.1) is 0 Å². The van der Waals surface area contributed by atoms with E-state index in [0.717, 1.165) is 49.9 Å². The first-order valence-electron chi connectivity index (χ1n) is 9.37. The lowest BCUT2D eigenvalue weighted by Crippen LogP contribution is -2.18. The summed E-state index contributed by atoms with van der Waals surface area (Å²) in [6.45, 7) is 0.901. The number of nitrogens with one attached hydrogen (secondary N) is 1. The SMILES string of the molecule is O=CCCCCN(c1ccccc1)c1ccc(NC2=CCCC=C2)cc1. The predicted molar refractivity (Wildman–Crippen MR) is 110 cm³/mol. The van der Waals surface area contributed by atoms with Gasteiger partial charge < -0.3 is 15.0 Å². The Hall–Kier alpha value is -2.81. The Bertz CT molecular complexity index is 748. The van der Waals surface area contributed by atoms with E-state index in [9.17, 15) is 4.79 Å². The topological polar surface area (TPSA) is 32.3 Å². The van der Waals surface area contributed by atoms with Crippen LogP contribution >= 0.6 is 0 Å². The van der Waals surface area contributed by atoms with Gasteiger partial charge in [0.1, 0.15) is 6.29 Å². The number of hydrogen-bond acceptors (Lipinski definition) is 3. The molecule has 0 fully saturated rings. The van der Waals surface area contributed by atoms with Crippen LogP contribution in [0.3, 0.4) is 0 Å². The summed E-state index contributed by atoms with van der Waals surface area (Å²) in [5.74, 6) is 0. The highest BCUT2D eigenvalue weighted by Gasteiger charge is 2.09. The molecule has 26 heavy (non-hydrogen) atoms. The average molecular weight is 346 g/mol. The molecule has 2 aromatic rings. The van der Waals surface area contributed by atoms with E-state index in [4.69, 9.17) is 0 Å². The summed E-state index contributed by atoms with van der Waals surface area (Å²) in [5, 5.41) is 3.46. The molecule has 134 valence electrons. The molecule has 0 aliphatic heterocycles. The number of carbonyl (C=O) groups is 1. The van der Waals surface area contributed by atoms with Crippen molar-refractivity contribution >= 4 is 23.3 Å². The van der Waals surface area contributed by atoms with Crippen molar-refractivity contribution in [2.75, 3.05) is 16.8 Å². The van der Waals surface area contributed by atoms with Gasteiger partial charge in [-0.3, -0.25) is 0 Å². The van der Waals surface area contributed by atoms with Crippen LogP contribution in [0.5, 0.6) is 0 Å². The third kappa shape index (κ3) is 5.09. The van der Waals surface area contributed by atoms with Gasteiger partial charge in [-0.25, -0.2) is 0 Å². The Balaban J connectivity index is 1.72. The first-order chi connectivity index (χ1) is 12.9. The number of hydrogen-bond donors (Lipinski definition) is 1. The second kappa shape index (κ2) is 9.62. The smallest absolute Gasteiger partial charge is 0.119 e. The molecule has 2 aromatic carbocycles. The Labute approximate surface area is 156 Å². The molecule has 3 nitrogen and oxygen atoms in total. The van der Waals surface area contributed by atoms with Gasteiger partial charge in [0, 0.05) is 35.7 Å². The number of anilines is 3. The molecular formula is C23H26N2O. The maximum atomic E-state index is 10.6. The van der Waals surface area contributed by atoms with Gasteiger partial charge in [-0.05, 0) is 68.2 Å². The second-order valence-corrected chi connectivity index (χ2v) is 6.46. The summed E-state index contributed by atoms with van der Waals surface area (Å²) in [4.78, 5) is 12.9. The largest absolute Gasteiger partial charge is 0.356 e. The van der Waals surface area contributed by atoms with Gasteiger partial charge in [-0.2, -0.15) is 0 Å². The normalized spacial score (nSPS) is 13.2. The molecule has 0 heterocycles. The van der Waals surface area contributed by atoms with E-state index in [2.05, 4.69) is 77.0 Å². The standard InChI is InChI=1S/C23H26N2O/c26-19-9-3-8-18-25(22-12-6-2-7-13-22)23-16-14-21(15-17-23)24-20-10-4-1-5-11-20/h2,4,6-7,10-17,19,24H,1,3,5,8-9,18H2. The maximum absolute atomic E-state index is 10.6. The van der Waals surface area contributed by atoms with Crippen LogP contribution in [0, 0.1) is 0 Å². The number of carbonyl (C=O) groups excluding carboxylic acids is 1. The van der Waals surface area contributed by atoms with Gasteiger partial charge in [0.25, 0.3) is 0 Å². The summed E-state index contributed by atoms with van der Waals surface area (Å²) in [7, 11) is 0. The predicted octanol–water partition coefficient (Wildman–Crippen LogP) is 5.84. The van der Waals surface area contributed by atoms with E-state index in [0.29, 0.717) is 6.42 Å². The molecule has 0 saturated heterocycles. The average Bonchev–Trinajstić information content (AvgIpc) is 2.70. The summed E-state index contributed by atoms with van der Waals surface area (Å²) in [5.41, 5.74) is 4.61. The number of rotatable bonds is 9. The van der Waals surface area contributed by atoms with Crippen LogP contribution in [-0.4, -0.2) is 12.8 Å². The van der Waals surface area contributed by atoms with Gasteiger partial charge in [-0.15, -0.1) is 0 Å². The first kappa shape index (κ1) is 18.0. The fourth-order valence-electron chi connectivity index (χ4n) is 3.11. The summed E-state index contributed by atoms with van der Waals surface area (Å²) in [6, 6.07) is 19.0. The van der Waals surface area contributed by atoms with Crippen molar-refractivity contribution in [2.45, 2.75) is 32.1 Å². The highest BCUT2D eigenvalue weighted by molar-refractivity contribution is 5.66. The molecule has 0 spiro atoms. The molecule has 3 heteroatoms. The van der Waals surface area contributed by atoms with E-state index >= 15 is 0 Å². The highest BCUT2D eigenvalue weighted by atomic mass is 16.1. The monoisotopic (exact) mass is 346 g/mol. The van der Waals surface area contributed by atoms with Gasteiger partial charge in [-0.1, -0.05) is 30.4 Å². The van der Waals surface area contributed by atoms with E-state index in [1.54, 1.807) is 0 Å². The molecule has 0 unspecified atom stereocenters. The summed E-state index contributed by atoms with van der Waals surface area (Å²) < 4.78 is 0. The maximum Gasteiger partial charge on any atom is 0.119 e. The molecule has 1 aliphatic rings. The van der Waals surface area contributed by atoms with Gasteiger partial charge >= 0.3 is 0 Å². The van der Waals surface area contributed by atoms with Crippen LogP contribution in [0.2, 0.25) is 0 Å². The quantitative estimate of drug-likeness (QED) is 0.457. The minimum absolute atomic E-state index is 0.633. The van der Waals surface area contributed by atoms with E-state index in [1.807, 2.05) is 6.07 Å². The van der Waals surface area contributed by atoms with Crippen LogP contribution in [0.25, 0.3) is 0 Å². The molecule has 0 saturated carbocycles. The number of benzene rings is 2. The van der Waals surface area contributed by atoms with E-state index in [-0.39, 0.29) is 0 Å². The van der Waals surface area contributed by atoms with Gasteiger partial charge in [0.2, 0.25) is 0 Å². The van der Waals surface area contributed by atoms with Crippen LogP contribution in [-0.2, 0) is 4.79 Å². The van der Waals surface area contributed by atoms with Crippen molar-refractivity contribution in [2.24, 2.45) is 0 Å². The number of aldehydes is 1. The van der Waals surface area contributed by atoms with Crippen molar-refractivity contribution < 1.29 is 4.79 Å². The summed E-state index contributed by atoms with van der Waals surface area (Å²) >= 11 is 0. The zero-order valence-electron chi connectivity index (χ0n) is 15.1. The lowest BCUT2D eigenvalue weighted by Gasteiger charge is -2.25. The Morgan fingerprint density at radius 3 is 2.38 bits per heavy atom. The molecular weight excluding hydrogens is 320 g/mol. The zero-order valence-corrected chi connectivity index (χ0v) is 15.1. The Morgan fingerprint density at radius 2 is 1.69 bits per heavy atom. The molecule has 0 atom stereocenters. The molecule has 0 aromatic heterocycles. The van der Waals surface area contributed by atoms with Crippen molar-refractivity contribution in [3.63, 3.8) is 0 Å². The molecule has 0 bridgehead atoms. The van der Waals surface area contributed by atoms with Crippen molar-refractivity contribution in [1.29, 1.82) is 0 Å². The van der Waals surface area contributed by atoms with Crippen molar-refractivity contribution in [3.05, 3.63) is 78.5 Å². The number of nitrogens with zero attached hydrogens (tertiary/aromatic N) is 1. The first-order valence-corrected chi connectivity index (χ1v) is 9.37. The fraction of sp³-hybridized carbons (Fsp3) is 0.261. The molecule has 1 N–H and O–H groups in total. The molecule has 0 radical (unpaired) electrons. The van der Waals surface area contributed by atoms with Gasteiger partial charge in [0.15, 0.2) is 0 Å². The third-order valence-corrected chi connectivity index (χ3v) is 4.48. The highest BCUT2D eigenvalue weighted by Crippen LogP contribution is 2.27. The zero-order chi connectivity index (χ0) is 18.0. The number of para-hydroxylation sites is 1. The minimum Gasteiger partial charge on any atom is -0.356 e. The molecule has 3 rings (SSSR count). The third-order valence-electron chi connectivity index (χ3n) is 4.48.